The molecule has 3 atom stereocenters. The number of carbonyl (C=O) groups is 3. The van der Waals surface area contributed by atoms with Gasteiger partial charge in [0.1, 0.15) is 5.60 Å². The molecule has 0 radical (unpaired) electrons. The zero-order valence-electron chi connectivity index (χ0n) is 15.5. The molecule has 0 aromatic heterocycles. The number of rotatable bonds is 5. The van der Waals surface area contributed by atoms with E-state index in [-0.39, 0.29) is 5.91 Å². The second-order valence-corrected chi connectivity index (χ2v) is 7.78. The Hall–Kier alpha value is -2.37. The Balaban J connectivity index is 2.14. The number of aliphatic carboxylic acids is 1. The van der Waals surface area contributed by atoms with Gasteiger partial charge >= 0.3 is 11.9 Å². The summed E-state index contributed by atoms with van der Waals surface area (Å²) in [4.78, 5) is 36.6. The second kappa shape index (κ2) is 8.34. The number of amides is 1. The van der Waals surface area contributed by atoms with E-state index in [1.165, 1.54) is 0 Å². The highest BCUT2D eigenvalue weighted by molar-refractivity contribution is 5.87. The van der Waals surface area contributed by atoms with Crippen LogP contribution >= 0.6 is 0 Å². The fraction of sp³-hybridized carbons (Fsp3) is 0.550. The van der Waals surface area contributed by atoms with Crippen LogP contribution in [0.4, 0.5) is 0 Å². The first kappa shape index (κ1) is 19.9. The van der Waals surface area contributed by atoms with Gasteiger partial charge in [0.25, 0.3) is 0 Å². The summed E-state index contributed by atoms with van der Waals surface area (Å²) in [7, 11) is 0. The van der Waals surface area contributed by atoms with Crippen LogP contribution in [-0.2, 0) is 19.1 Å². The Morgan fingerprint density at radius 3 is 2.31 bits per heavy atom. The summed E-state index contributed by atoms with van der Waals surface area (Å²) in [5, 5.41) is 12.0. The first-order valence-corrected chi connectivity index (χ1v) is 8.98. The maximum Gasteiger partial charge on any atom is 0.333 e. The van der Waals surface area contributed by atoms with Crippen LogP contribution in [0.3, 0.4) is 0 Å². The molecule has 6 heteroatoms. The van der Waals surface area contributed by atoms with Crippen LogP contribution in [0.2, 0.25) is 0 Å². The molecule has 0 heterocycles. The van der Waals surface area contributed by atoms with Gasteiger partial charge in [0, 0.05) is 5.92 Å². The van der Waals surface area contributed by atoms with E-state index in [1.54, 1.807) is 45.0 Å². The monoisotopic (exact) mass is 361 g/mol. The fourth-order valence-electron chi connectivity index (χ4n) is 3.20. The average Bonchev–Trinajstić information content (AvgIpc) is 2.58. The average molecular weight is 361 g/mol. The number of esters is 1. The lowest BCUT2D eigenvalue weighted by Gasteiger charge is -2.29. The highest BCUT2D eigenvalue weighted by Gasteiger charge is 2.34. The summed E-state index contributed by atoms with van der Waals surface area (Å²) in [6, 6.07) is 8.02. The highest BCUT2D eigenvalue weighted by Crippen LogP contribution is 2.30. The van der Waals surface area contributed by atoms with Gasteiger partial charge in [0.05, 0.1) is 5.92 Å². The van der Waals surface area contributed by atoms with Gasteiger partial charge in [-0.1, -0.05) is 36.8 Å². The molecule has 1 aromatic rings. The van der Waals surface area contributed by atoms with Crippen molar-refractivity contribution in [2.24, 2.45) is 11.8 Å². The van der Waals surface area contributed by atoms with Crippen LogP contribution in [-0.4, -0.2) is 28.6 Å². The lowest BCUT2D eigenvalue weighted by molar-refractivity contribution is -0.159. The molecule has 0 aliphatic heterocycles. The largest absolute Gasteiger partial charge is 0.481 e. The molecule has 26 heavy (non-hydrogen) atoms. The number of carbonyl (C=O) groups excluding carboxylic acids is 2. The van der Waals surface area contributed by atoms with Crippen molar-refractivity contribution in [3.8, 4) is 0 Å². The van der Waals surface area contributed by atoms with Gasteiger partial charge in [0.2, 0.25) is 5.91 Å². The Morgan fingerprint density at radius 1 is 1.12 bits per heavy atom. The minimum Gasteiger partial charge on any atom is -0.481 e. The molecule has 1 saturated carbocycles. The Labute approximate surface area is 153 Å². The third-order valence-electron chi connectivity index (χ3n) is 4.46. The van der Waals surface area contributed by atoms with Crippen LogP contribution < -0.4 is 5.32 Å². The van der Waals surface area contributed by atoms with Crippen LogP contribution in [0.5, 0.6) is 0 Å². The van der Waals surface area contributed by atoms with Crippen molar-refractivity contribution in [2.75, 3.05) is 0 Å². The van der Waals surface area contributed by atoms with Crippen molar-refractivity contribution >= 4 is 17.8 Å². The van der Waals surface area contributed by atoms with Gasteiger partial charge < -0.3 is 15.2 Å². The fourth-order valence-corrected chi connectivity index (χ4v) is 3.20. The van der Waals surface area contributed by atoms with Crippen LogP contribution in [0, 0.1) is 11.8 Å². The van der Waals surface area contributed by atoms with Crippen molar-refractivity contribution < 1.29 is 24.2 Å². The van der Waals surface area contributed by atoms with E-state index in [0.717, 1.165) is 0 Å². The SMILES string of the molecule is CC(C)(C)OC(=O)[C@@H](NC(=O)C1CCCC(C(=O)O)C1)c1ccccc1. The zero-order chi connectivity index (χ0) is 19.3. The topological polar surface area (TPSA) is 92.7 Å². The van der Waals surface area contributed by atoms with Gasteiger partial charge in [-0.15, -0.1) is 0 Å². The van der Waals surface area contributed by atoms with Gasteiger partial charge in [-0.25, -0.2) is 4.79 Å². The maximum atomic E-state index is 12.7. The number of nitrogens with one attached hydrogen (secondary N) is 1. The van der Waals surface area contributed by atoms with Gasteiger partial charge in [-0.3, -0.25) is 9.59 Å². The van der Waals surface area contributed by atoms with E-state index in [2.05, 4.69) is 5.32 Å². The molecular weight excluding hydrogens is 334 g/mol. The molecule has 142 valence electrons. The van der Waals surface area contributed by atoms with Gasteiger partial charge in [-0.05, 0) is 45.6 Å². The highest BCUT2D eigenvalue weighted by atomic mass is 16.6. The van der Waals surface area contributed by atoms with E-state index in [9.17, 15) is 19.5 Å². The summed E-state index contributed by atoms with van der Waals surface area (Å²) in [6.07, 6.45) is 2.22. The molecule has 1 fully saturated rings. The first-order chi connectivity index (χ1) is 12.2. The van der Waals surface area contributed by atoms with Gasteiger partial charge in [-0.2, -0.15) is 0 Å². The summed E-state index contributed by atoms with van der Waals surface area (Å²) >= 11 is 0. The standard InChI is InChI=1S/C20H27NO5/c1-20(2,3)26-19(25)16(13-8-5-4-6-9-13)21-17(22)14-10-7-11-15(12-14)18(23)24/h4-6,8-9,14-16H,7,10-12H2,1-3H3,(H,21,22)(H,23,24)/t14?,15?,16-/m0/s1. The Kier molecular flexibility index (Phi) is 6.40. The predicted octanol–water partition coefficient (Wildman–Crippen LogP) is 3.08. The lowest BCUT2D eigenvalue weighted by atomic mass is 9.81. The third kappa shape index (κ3) is 5.58. The van der Waals surface area contributed by atoms with Crippen molar-refractivity contribution in [3.63, 3.8) is 0 Å². The second-order valence-electron chi connectivity index (χ2n) is 7.78. The molecule has 1 amide bonds. The number of benzene rings is 1. The summed E-state index contributed by atoms with van der Waals surface area (Å²) < 4.78 is 5.45. The summed E-state index contributed by atoms with van der Waals surface area (Å²) in [6.45, 7) is 5.31. The van der Waals surface area contributed by atoms with E-state index >= 15 is 0 Å². The predicted molar refractivity (Wildman–Crippen MR) is 96.3 cm³/mol. The number of carboxylic acid groups (broad SMARTS) is 1. The molecule has 1 aliphatic rings. The van der Waals surface area contributed by atoms with Crippen LogP contribution in [0.1, 0.15) is 58.1 Å². The smallest absolute Gasteiger partial charge is 0.333 e. The molecule has 1 aliphatic carbocycles. The molecular formula is C20H27NO5. The quantitative estimate of drug-likeness (QED) is 0.786. The molecule has 0 spiro atoms. The summed E-state index contributed by atoms with van der Waals surface area (Å²) in [5.74, 6) is -2.60. The van der Waals surface area contributed by atoms with Crippen molar-refractivity contribution in [1.29, 1.82) is 0 Å². The number of ether oxygens (including phenoxy) is 1. The molecule has 2 N–H and O–H groups in total. The molecule has 2 rings (SSSR count). The molecule has 0 saturated heterocycles. The molecule has 0 bridgehead atoms. The minimum absolute atomic E-state index is 0.296. The first-order valence-electron chi connectivity index (χ1n) is 8.98. The van der Waals surface area contributed by atoms with E-state index in [0.29, 0.717) is 31.2 Å². The molecule has 6 nitrogen and oxygen atoms in total. The third-order valence-corrected chi connectivity index (χ3v) is 4.46. The normalized spacial score (nSPS) is 21.5. The molecule has 2 unspecified atom stereocenters. The zero-order valence-corrected chi connectivity index (χ0v) is 15.5. The van der Waals surface area contributed by atoms with E-state index in [4.69, 9.17) is 4.74 Å². The summed E-state index contributed by atoms with van der Waals surface area (Å²) in [5.41, 5.74) is -0.0330. The number of hydrogen-bond donors (Lipinski definition) is 2. The molecule has 1 aromatic carbocycles. The van der Waals surface area contributed by atoms with E-state index < -0.39 is 35.4 Å². The number of carboxylic acids is 1. The number of hydrogen-bond acceptors (Lipinski definition) is 4. The maximum absolute atomic E-state index is 12.7. The van der Waals surface area contributed by atoms with Crippen molar-refractivity contribution in [1.82, 2.24) is 5.32 Å². The Morgan fingerprint density at radius 2 is 1.73 bits per heavy atom. The van der Waals surface area contributed by atoms with Crippen LogP contribution in [0.15, 0.2) is 30.3 Å². The lowest BCUT2D eigenvalue weighted by Crippen LogP contribution is -2.42. The van der Waals surface area contributed by atoms with Crippen molar-refractivity contribution in [3.05, 3.63) is 35.9 Å². The van der Waals surface area contributed by atoms with Crippen molar-refractivity contribution in [2.45, 2.75) is 58.1 Å². The minimum atomic E-state index is -0.909. The van der Waals surface area contributed by atoms with E-state index in [1.807, 2.05) is 6.07 Å². The van der Waals surface area contributed by atoms with Crippen LogP contribution in [0.25, 0.3) is 0 Å². The Bertz CT molecular complexity index is 650. The van der Waals surface area contributed by atoms with Gasteiger partial charge in [0.15, 0.2) is 6.04 Å².